The minimum absolute atomic E-state index is 0. The molecule has 1 aromatic carbocycles. The maximum absolute atomic E-state index is 5.92. The van der Waals surface area contributed by atoms with Crippen LogP contribution in [0, 0.1) is 0 Å². The maximum Gasteiger partial charge on any atom is 0.240 e. The molecule has 0 atom stereocenters. The predicted molar refractivity (Wildman–Crippen MR) is 95.6 cm³/mol. The lowest BCUT2D eigenvalue weighted by Gasteiger charge is -2.35. The number of nitrogens with zero attached hydrogens (tertiary/aromatic N) is 4. The minimum atomic E-state index is 0. The van der Waals surface area contributed by atoms with Crippen molar-refractivity contribution in [2.24, 2.45) is 5.73 Å². The van der Waals surface area contributed by atoms with Gasteiger partial charge in [-0.15, -0.1) is 24.8 Å². The van der Waals surface area contributed by atoms with Crippen LogP contribution in [-0.2, 0) is 13.1 Å². The monoisotopic (exact) mass is 379 g/mol. The third kappa shape index (κ3) is 5.22. The smallest absolute Gasteiger partial charge is 0.240 e. The van der Waals surface area contributed by atoms with E-state index < -0.39 is 0 Å². The van der Waals surface area contributed by atoms with Crippen molar-refractivity contribution in [3.63, 3.8) is 0 Å². The quantitative estimate of drug-likeness (QED) is 0.878. The van der Waals surface area contributed by atoms with Crippen molar-refractivity contribution in [1.82, 2.24) is 15.0 Å². The zero-order valence-electron chi connectivity index (χ0n) is 12.5. The van der Waals surface area contributed by atoms with Gasteiger partial charge in [0.05, 0.1) is 13.1 Å². The molecule has 2 N–H and O–H groups in total. The van der Waals surface area contributed by atoms with Crippen molar-refractivity contribution < 1.29 is 4.52 Å². The lowest BCUT2D eigenvalue weighted by molar-refractivity contribution is 0.240. The Kier molecular flexibility index (Phi) is 8.08. The zero-order valence-corrected chi connectivity index (χ0v) is 14.9. The Hall–Kier alpha value is -1.05. The second-order valence-electron chi connectivity index (χ2n) is 5.05. The first kappa shape index (κ1) is 20.0. The number of nitrogens with two attached hydrogens (primary N) is 1. The summed E-state index contributed by atoms with van der Waals surface area (Å²) >= 11 is 5.92. The highest BCUT2D eigenvalue weighted by Crippen LogP contribution is 2.19. The van der Waals surface area contributed by atoms with E-state index in [0.29, 0.717) is 18.3 Å². The molecule has 0 amide bonds. The molecule has 3 rings (SSSR count). The molecule has 1 saturated heterocycles. The third-order valence-electron chi connectivity index (χ3n) is 3.61. The highest BCUT2D eigenvalue weighted by atomic mass is 35.5. The summed E-state index contributed by atoms with van der Waals surface area (Å²) in [6, 6.07) is 7.98. The van der Waals surface area contributed by atoms with E-state index in [1.807, 2.05) is 12.1 Å². The maximum atomic E-state index is 5.92. The normalized spacial score (nSPS) is 15.0. The van der Waals surface area contributed by atoms with E-state index in [1.54, 1.807) is 0 Å². The summed E-state index contributed by atoms with van der Waals surface area (Å²) in [5.74, 6) is 1.19. The van der Waals surface area contributed by atoms with Crippen LogP contribution in [0.25, 0.3) is 0 Å². The summed E-state index contributed by atoms with van der Waals surface area (Å²) in [4.78, 5) is 8.91. The van der Waals surface area contributed by atoms with Crippen molar-refractivity contribution in [3.05, 3.63) is 41.0 Å². The molecule has 0 spiro atoms. The largest absolute Gasteiger partial charge is 0.369 e. The van der Waals surface area contributed by atoms with Gasteiger partial charge in [-0.3, -0.25) is 4.90 Å². The van der Waals surface area contributed by atoms with E-state index in [2.05, 4.69) is 32.1 Å². The molecule has 0 radical (unpaired) electrons. The topological polar surface area (TPSA) is 71.4 Å². The lowest BCUT2D eigenvalue weighted by Crippen LogP contribution is -2.46. The molecule has 9 heteroatoms. The Morgan fingerprint density at radius 3 is 2.30 bits per heavy atom. The van der Waals surface area contributed by atoms with Crippen molar-refractivity contribution >= 4 is 42.1 Å². The summed E-state index contributed by atoms with van der Waals surface area (Å²) in [6.07, 6.45) is 0. The van der Waals surface area contributed by atoms with Gasteiger partial charge in [-0.05, 0) is 24.3 Å². The number of aromatic nitrogens is 2. The van der Waals surface area contributed by atoms with E-state index in [9.17, 15) is 0 Å². The second-order valence-corrected chi connectivity index (χ2v) is 5.48. The van der Waals surface area contributed by atoms with Gasteiger partial charge in [-0.1, -0.05) is 16.8 Å². The van der Waals surface area contributed by atoms with Crippen LogP contribution >= 0.6 is 36.4 Å². The highest BCUT2D eigenvalue weighted by molar-refractivity contribution is 6.30. The molecule has 1 aromatic heterocycles. The van der Waals surface area contributed by atoms with Gasteiger partial charge in [0, 0.05) is 36.9 Å². The molecule has 0 aliphatic carbocycles. The molecule has 2 aromatic rings. The molecule has 1 aliphatic heterocycles. The fraction of sp³-hybridized carbons (Fsp3) is 0.429. The van der Waals surface area contributed by atoms with E-state index >= 15 is 0 Å². The molecular formula is C14H20Cl3N5O. The van der Waals surface area contributed by atoms with Crippen LogP contribution in [0.15, 0.2) is 28.8 Å². The fourth-order valence-electron chi connectivity index (χ4n) is 2.45. The Bertz CT molecular complexity index is 584. The van der Waals surface area contributed by atoms with Gasteiger partial charge >= 0.3 is 0 Å². The van der Waals surface area contributed by atoms with Gasteiger partial charge < -0.3 is 15.2 Å². The first-order chi connectivity index (χ1) is 10.2. The van der Waals surface area contributed by atoms with Gasteiger partial charge in [0.1, 0.15) is 0 Å². The van der Waals surface area contributed by atoms with Gasteiger partial charge in [0.15, 0.2) is 5.82 Å². The molecule has 0 unspecified atom stereocenters. The first-order valence-electron chi connectivity index (χ1n) is 6.99. The van der Waals surface area contributed by atoms with Crippen molar-refractivity contribution in [2.45, 2.75) is 13.1 Å². The fourth-order valence-corrected chi connectivity index (χ4v) is 2.58. The minimum Gasteiger partial charge on any atom is -0.369 e. The molecular weight excluding hydrogens is 361 g/mol. The Labute approximate surface area is 152 Å². The van der Waals surface area contributed by atoms with Crippen LogP contribution < -0.4 is 10.6 Å². The van der Waals surface area contributed by atoms with Gasteiger partial charge in [-0.2, -0.15) is 4.98 Å². The average molecular weight is 381 g/mol. The molecule has 128 valence electrons. The van der Waals surface area contributed by atoms with Crippen molar-refractivity contribution in [3.8, 4) is 0 Å². The highest BCUT2D eigenvalue weighted by Gasteiger charge is 2.19. The van der Waals surface area contributed by atoms with Crippen LogP contribution in [0.1, 0.15) is 11.7 Å². The summed E-state index contributed by atoms with van der Waals surface area (Å²) in [6.45, 7) is 4.88. The van der Waals surface area contributed by atoms with Crippen LogP contribution in [0.4, 0.5) is 5.69 Å². The number of anilines is 1. The van der Waals surface area contributed by atoms with Gasteiger partial charge in [0.2, 0.25) is 5.89 Å². The van der Waals surface area contributed by atoms with Crippen LogP contribution in [0.5, 0.6) is 0 Å². The average Bonchev–Trinajstić information content (AvgIpc) is 2.97. The first-order valence-corrected chi connectivity index (χ1v) is 7.37. The van der Waals surface area contributed by atoms with E-state index in [4.69, 9.17) is 21.9 Å². The summed E-state index contributed by atoms with van der Waals surface area (Å²) in [5, 5.41) is 4.70. The van der Waals surface area contributed by atoms with E-state index in [0.717, 1.165) is 31.2 Å². The number of piperazine rings is 1. The number of hydrogen-bond acceptors (Lipinski definition) is 6. The lowest BCUT2D eigenvalue weighted by atomic mass is 10.2. The Balaban J connectivity index is 0.00000132. The summed E-state index contributed by atoms with van der Waals surface area (Å²) in [5.41, 5.74) is 6.68. The van der Waals surface area contributed by atoms with Crippen LogP contribution in [0.2, 0.25) is 5.02 Å². The Morgan fingerprint density at radius 2 is 1.74 bits per heavy atom. The van der Waals surface area contributed by atoms with Gasteiger partial charge in [0.25, 0.3) is 0 Å². The van der Waals surface area contributed by atoms with Crippen LogP contribution in [0.3, 0.4) is 0 Å². The van der Waals surface area contributed by atoms with Crippen molar-refractivity contribution in [2.75, 3.05) is 31.1 Å². The molecule has 0 bridgehead atoms. The molecule has 1 fully saturated rings. The molecule has 6 nitrogen and oxygen atoms in total. The molecule has 0 saturated carbocycles. The number of rotatable bonds is 4. The number of halogens is 3. The Morgan fingerprint density at radius 1 is 1.09 bits per heavy atom. The number of benzene rings is 1. The molecule has 23 heavy (non-hydrogen) atoms. The SMILES string of the molecule is Cl.Cl.NCc1nc(CN2CCN(c3ccc(Cl)cc3)CC2)no1. The van der Waals surface area contributed by atoms with Gasteiger partial charge in [-0.25, -0.2) is 0 Å². The van der Waals surface area contributed by atoms with E-state index in [1.165, 1.54) is 5.69 Å². The third-order valence-corrected chi connectivity index (χ3v) is 3.87. The van der Waals surface area contributed by atoms with Crippen molar-refractivity contribution in [1.29, 1.82) is 0 Å². The van der Waals surface area contributed by atoms with E-state index in [-0.39, 0.29) is 31.4 Å². The summed E-state index contributed by atoms with van der Waals surface area (Å²) < 4.78 is 5.02. The summed E-state index contributed by atoms with van der Waals surface area (Å²) in [7, 11) is 0. The number of hydrogen-bond donors (Lipinski definition) is 1. The standard InChI is InChI=1S/C14H18ClN5O.2ClH/c15-11-1-3-12(4-2-11)20-7-5-19(6-8-20)10-13-17-14(9-16)21-18-13;;/h1-4H,5-10,16H2;2*1H. The van der Waals surface area contributed by atoms with Crippen LogP contribution in [-0.4, -0.2) is 41.2 Å². The second kappa shape index (κ2) is 9.30. The molecule has 2 heterocycles. The predicted octanol–water partition coefficient (Wildman–Crippen LogP) is 2.35. The molecule has 1 aliphatic rings. The zero-order chi connectivity index (χ0) is 14.7.